The Bertz CT molecular complexity index is 1080. The molecule has 1 aliphatic heterocycles. The number of rotatable bonds is 6. The number of carbonyl (C=O) groups is 1. The van der Waals surface area contributed by atoms with Crippen LogP contribution < -0.4 is 4.57 Å². The Morgan fingerprint density at radius 2 is 1.93 bits per heavy atom. The molecule has 7 heteroatoms. The van der Waals surface area contributed by atoms with E-state index in [0.717, 1.165) is 22.4 Å². The number of hydrogen-bond acceptors (Lipinski definition) is 5. The zero-order valence-electron chi connectivity index (χ0n) is 16.7. The normalized spacial score (nSPS) is 14.8. The standard InChI is InChI=1S/C23H22N4O2P/c1-30-14-10-20-15-24-23(26-21(20)16-25-30)19-7-11-27(12-8-19)13-9-22(28)29-17-18-5-3-2-4-6-18/h2-8,10-12,14-16H,9,13,17H2,1H3/q+1. The summed E-state index contributed by atoms with van der Waals surface area (Å²) in [6, 6.07) is 13.6. The number of aromatic nitrogens is 3. The van der Waals surface area contributed by atoms with Gasteiger partial charge >= 0.3 is 5.97 Å². The van der Waals surface area contributed by atoms with Crippen molar-refractivity contribution in [3.05, 3.63) is 83.7 Å². The van der Waals surface area contributed by atoms with Crippen LogP contribution in [-0.4, -0.2) is 28.8 Å². The van der Waals surface area contributed by atoms with E-state index < -0.39 is 8.07 Å². The molecule has 150 valence electrons. The Labute approximate surface area is 176 Å². The molecule has 2 aromatic heterocycles. The number of carbonyl (C=O) groups excluding carboxylic acids is 1. The fourth-order valence-electron chi connectivity index (χ4n) is 2.93. The van der Waals surface area contributed by atoms with Gasteiger partial charge in [-0.1, -0.05) is 30.3 Å². The molecule has 0 amide bonds. The smallest absolute Gasteiger partial charge is 0.312 e. The Kier molecular flexibility index (Phi) is 6.35. The molecule has 0 aliphatic carbocycles. The quantitative estimate of drug-likeness (QED) is 0.345. The lowest BCUT2D eigenvalue weighted by Crippen LogP contribution is -2.34. The van der Waals surface area contributed by atoms with Crippen molar-refractivity contribution >= 4 is 26.3 Å². The molecule has 1 aromatic carbocycles. The van der Waals surface area contributed by atoms with Gasteiger partial charge in [0, 0.05) is 37.5 Å². The molecule has 3 heterocycles. The molecule has 0 bridgehead atoms. The van der Waals surface area contributed by atoms with Crippen molar-refractivity contribution in [2.24, 2.45) is 4.76 Å². The molecular weight excluding hydrogens is 395 g/mol. The van der Waals surface area contributed by atoms with Gasteiger partial charge in [-0.25, -0.2) is 14.5 Å². The van der Waals surface area contributed by atoms with Crippen molar-refractivity contribution in [2.75, 3.05) is 6.66 Å². The first-order valence-corrected chi connectivity index (χ1v) is 11.5. The monoisotopic (exact) mass is 417 g/mol. The van der Waals surface area contributed by atoms with E-state index >= 15 is 0 Å². The fraction of sp³-hybridized carbons (Fsp3) is 0.174. The van der Waals surface area contributed by atoms with Crippen molar-refractivity contribution in [3.8, 4) is 11.4 Å². The van der Waals surface area contributed by atoms with Crippen molar-refractivity contribution in [2.45, 2.75) is 19.6 Å². The summed E-state index contributed by atoms with van der Waals surface area (Å²) in [6.45, 7) is 2.95. The van der Waals surface area contributed by atoms with E-state index in [0.29, 0.717) is 25.4 Å². The third-order valence-corrected chi connectivity index (χ3v) is 5.71. The van der Waals surface area contributed by atoms with E-state index in [1.807, 2.05) is 77.9 Å². The number of benzene rings is 1. The van der Waals surface area contributed by atoms with Gasteiger partial charge in [-0.15, -0.1) is 0 Å². The van der Waals surface area contributed by atoms with Crippen LogP contribution in [0.1, 0.15) is 23.2 Å². The Morgan fingerprint density at radius 1 is 1.13 bits per heavy atom. The molecule has 1 atom stereocenters. The third kappa shape index (κ3) is 5.22. The van der Waals surface area contributed by atoms with Gasteiger partial charge in [-0.3, -0.25) is 9.56 Å². The van der Waals surface area contributed by atoms with Gasteiger partial charge in [0.05, 0.1) is 11.9 Å². The number of esters is 1. The van der Waals surface area contributed by atoms with Crippen LogP contribution in [0.2, 0.25) is 0 Å². The molecule has 0 saturated carbocycles. The van der Waals surface area contributed by atoms with Crippen LogP contribution in [0, 0.1) is 0 Å². The van der Waals surface area contributed by atoms with E-state index in [1.165, 1.54) is 0 Å². The molecule has 0 N–H and O–H groups in total. The second-order valence-electron chi connectivity index (χ2n) is 6.89. The van der Waals surface area contributed by atoms with E-state index in [4.69, 9.17) is 4.74 Å². The summed E-state index contributed by atoms with van der Waals surface area (Å²) in [5.41, 5.74) is 3.72. The molecule has 1 unspecified atom stereocenters. The van der Waals surface area contributed by atoms with Crippen LogP contribution in [0.5, 0.6) is 0 Å². The Balaban J connectivity index is 1.35. The molecule has 6 nitrogen and oxygen atoms in total. The summed E-state index contributed by atoms with van der Waals surface area (Å²) in [7, 11) is -0.479. The maximum Gasteiger partial charge on any atom is 0.312 e. The number of pyridine rings is 1. The van der Waals surface area contributed by atoms with Crippen molar-refractivity contribution in [1.82, 2.24) is 9.97 Å². The third-order valence-electron chi connectivity index (χ3n) is 4.65. The number of fused-ring (bicyclic) bond motifs is 1. The molecule has 0 radical (unpaired) electrons. The summed E-state index contributed by atoms with van der Waals surface area (Å²) >= 11 is 0. The number of hydrogen-bond donors (Lipinski definition) is 0. The molecule has 30 heavy (non-hydrogen) atoms. The van der Waals surface area contributed by atoms with E-state index in [2.05, 4.69) is 27.2 Å². The van der Waals surface area contributed by atoms with Gasteiger partial charge < -0.3 is 4.74 Å². The van der Waals surface area contributed by atoms with Crippen LogP contribution in [0.25, 0.3) is 17.5 Å². The van der Waals surface area contributed by atoms with Crippen molar-refractivity contribution in [3.63, 3.8) is 0 Å². The lowest BCUT2D eigenvalue weighted by atomic mass is 10.2. The molecule has 0 fully saturated rings. The maximum atomic E-state index is 12.0. The summed E-state index contributed by atoms with van der Waals surface area (Å²) < 4.78 is 11.8. The van der Waals surface area contributed by atoms with Crippen molar-refractivity contribution in [1.29, 1.82) is 0 Å². The summed E-state index contributed by atoms with van der Waals surface area (Å²) in [4.78, 5) is 21.1. The minimum atomic E-state index is -0.479. The number of aryl methyl sites for hydroxylation is 1. The molecular formula is C23H22N4O2P+. The van der Waals surface area contributed by atoms with Gasteiger partial charge in [0.1, 0.15) is 13.0 Å². The van der Waals surface area contributed by atoms with Gasteiger partial charge in [0.15, 0.2) is 24.8 Å². The number of ether oxygens (including phenoxy) is 1. The second kappa shape index (κ2) is 9.51. The van der Waals surface area contributed by atoms with Crippen LogP contribution in [0.4, 0.5) is 0 Å². The first kappa shape index (κ1) is 20.0. The first-order valence-electron chi connectivity index (χ1n) is 9.68. The van der Waals surface area contributed by atoms with Gasteiger partial charge in [-0.2, -0.15) is 0 Å². The zero-order valence-corrected chi connectivity index (χ0v) is 17.6. The minimum absolute atomic E-state index is 0.215. The lowest BCUT2D eigenvalue weighted by molar-refractivity contribution is -0.695. The molecule has 0 spiro atoms. The fourth-order valence-corrected chi connectivity index (χ4v) is 3.68. The molecule has 1 aliphatic rings. The highest BCUT2D eigenvalue weighted by molar-refractivity contribution is 7.59. The van der Waals surface area contributed by atoms with Crippen LogP contribution in [-0.2, 0) is 22.7 Å². The molecule has 0 saturated heterocycles. The molecule has 3 aromatic rings. The second-order valence-corrected chi connectivity index (χ2v) is 8.57. The van der Waals surface area contributed by atoms with Crippen LogP contribution >= 0.6 is 8.07 Å². The van der Waals surface area contributed by atoms with Gasteiger partial charge in [-0.05, 0) is 24.1 Å². The topological polar surface area (TPSA) is 68.3 Å². The Hall–Kier alpha value is -3.24. The van der Waals surface area contributed by atoms with Gasteiger partial charge in [0.2, 0.25) is 0 Å². The first-order chi connectivity index (χ1) is 14.7. The number of nitrogens with zero attached hydrogens (tertiary/aromatic N) is 4. The largest absolute Gasteiger partial charge is 0.461 e. The van der Waals surface area contributed by atoms with E-state index in [9.17, 15) is 4.79 Å². The van der Waals surface area contributed by atoms with Crippen LogP contribution in [0.3, 0.4) is 0 Å². The van der Waals surface area contributed by atoms with Crippen LogP contribution in [0.15, 0.2) is 71.6 Å². The highest BCUT2D eigenvalue weighted by Gasteiger charge is 2.12. The van der Waals surface area contributed by atoms with E-state index in [-0.39, 0.29) is 5.97 Å². The van der Waals surface area contributed by atoms with Gasteiger partial charge in [0.25, 0.3) is 0 Å². The Morgan fingerprint density at radius 3 is 2.73 bits per heavy atom. The average Bonchev–Trinajstić information content (AvgIpc) is 2.98. The highest BCUT2D eigenvalue weighted by Crippen LogP contribution is 2.36. The SMILES string of the molecule is CP1C=Cc2cnc(-c3cc[n+](CCC(=O)OCc4ccccc4)cc3)nc2C=N1. The maximum absolute atomic E-state index is 12.0. The average molecular weight is 417 g/mol. The van der Waals surface area contributed by atoms with Crippen molar-refractivity contribution < 1.29 is 14.1 Å². The predicted octanol–water partition coefficient (Wildman–Crippen LogP) is 3.99. The zero-order chi connectivity index (χ0) is 20.8. The highest BCUT2D eigenvalue weighted by atomic mass is 31.1. The summed E-state index contributed by atoms with van der Waals surface area (Å²) in [6.07, 6.45) is 9.86. The minimum Gasteiger partial charge on any atom is -0.461 e. The summed E-state index contributed by atoms with van der Waals surface area (Å²) in [5, 5.41) is 0. The predicted molar refractivity (Wildman–Crippen MR) is 118 cm³/mol. The van der Waals surface area contributed by atoms with E-state index in [1.54, 1.807) is 0 Å². The summed E-state index contributed by atoms with van der Waals surface area (Å²) in [5.74, 6) is 2.54. The lowest BCUT2D eigenvalue weighted by Gasteiger charge is -2.04. The molecule has 4 rings (SSSR count).